The fourth-order valence-corrected chi connectivity index (χ4v) is 3.00. The minimum Gasteiger partial charge on any atom is -0.491 e. The maximum atomic E-state index is 5.69. The number of thiazole rings is 1. The Kier molecular flexibility index (Phi) is 5.15. The molecule has 3 nitrogen and oxygen atoms in total. The molecule has 0 saturated carbocycles. The fourth-order valence-electron chi connectivity index (χ4n) is 2.11. The van der Waals surface area contributed by atoms with Crippen LogP contribution < -0.4 is 10.1 Å². The first-order chi connectivity index (χ1) is 9.60. The molecule has 0 radical (unpaired) electrons. The van der Waals surface area contributed by atoms with Crippen molar-refractivity contribution in [2.45, 2.75) is 39.8 Å². The van der Waals surface area contributed by atoms with Gasteiger partial charge in [0.15, 0.2) is 0 Å². The van der Waals surface area contributed by atoms with Gasteiger partial charge >= 0.3 is 0 Å². The minimum absolute atomic E-state index is 0.203. The van der Waals surface area contributed by atoms with Gasteiger partial charge in [0.25, 0.3) is 0 Å². The number of nitrogens with one attached hydrogen (secondary N) is 1. The maximum Gasteiger partial charge on any atom is 0.119 e. The van der Waals surface area contributed by atoms with Crippen LogP contribution in [0.1, 0.15) is 42.3 Å². The summed E-state index contributed by atoms with van der Waals surface area (Å²) in [4.78, 5) is 5.61. The number of aryl methyl sites for hydroxylation is 1. The second kappa shape index (κ2) is 6.86. The molecule has 0 bridgehead atoms. The molecule has 1 aromatic heterocycles. The Morgan fingerprint density at radius 2 is 1.95 bits per heavy atom. The second-order valence-corrected chi connectivity index (χ2v) is 6.27. The van der Waals surface area contributed by atoms with Crippen LogP contribution in [0.4, 0.5) is 0 Å². The van der Waals surface area contributed by atoms with Gasteiger partial charge < -0.3 is 10.1 Å². The molecule has 0 fully saturated rings. The normalized spacial score (nSPS) is 12.7. The highest BCUT2D eigenvalue weighted by Crippen LogP contribution is 2.28. The average molecular weight is 290 g/mol. The standard InChI is InChI=1S/C16H22N2OS/c1-5-17-16(15-10-18-12(4)20-15)13-6-8-14(9-7-13)19-11(2)3/h6-11,16-17H,5H2,1-4H3. The summed E-state index contributed by atoms with van der Waals surface area (Å²) >= 11 is 1.74. The van der Waals surface area contributed by atoms with E-state index in [4.69, 9.17) is 4.74 Å². The smallest absolute Gasteiger partial charge is 0.119 e. The van der Waals surface area contributed by atoms with Gasteiger partial charge in [-0.15, -0.1) is 11.3 Å². The largest absolute Gasteiger partial charge is 0.491 e. The van der Waals surface area contributed by atoms with E-state index < -0.39 is 0 Å². The van der Waals surface area contributed by atoms with Crippen LogP contribution in [0.5, 0.6) is 5.75 Å². The molecule has 108 valence electrons. The Morgan fingerprint density at radius 1 is 1.25 bits per heavy atom. The number of aromatic nitrogens is 1. The highest BCUT2D eigenvalue weighted by atomic mass is 32.1. The lowest BCUT2D eigenvalue weighted by molar-refractivity contribution is 0.242. The van der Waals surface area contributed by atoms with Gasteiger partial charge in [-0.3, -0.25) is 0 Å². The van der Waals surface area contributed by atoms with Crippen LogP contribution in [0.25, 0.3) is 0 Å². The lowest BCUT2D eigenvalue weighted by Gasteiger charge is -2.17. The van der Waals surface area contributed by atoms with Gasteiger partial charge in [0, 0.05) is 11.1 Å². The van der Waals surface area contributed by atoms with E-state index in [0.717, 1.165) is 17.3 Å². The zero-order valence-electron chi connectivity index (χ0n) is 12.5. The van der Waals surface area contributed by atoms with E-state index in [1.165, 1.54) is 10.4 Å². The highest BCUT2D eigenvalue weighted by molar-refractivity contribution is 7.11. The van der Waals surface area contributed by atoms with Crippen molar-refractivity contribution in [1.29, 1.82) is 0 Å². The summed E-state index contributed by atoms with van der Waals surface area (Å²) in [6, 6.07) is 8.53. The van der Waals surface area contributed by atoms with E-state index in [-0.39, 0.29) is 12.1 Å². The van der Waals surface area contributed by atoms with Gasteiger partial charge in [-0.25, -0.2) is 4.98 Å². The van der Waals surface area contributed by atoms with Crippen molar-refractivity contribution >= 4 is 11.3 Å². The summed E-state index contributed by atoms with van der Waals surface area (Å²) in [7, 11) is 0. The van der Waals surface area contributed by atoms with Crippen LogP contribution in [-0.2, 0) is 0 Å². The van der Waals surface area contributed by atoms with Gasteiger partial charge in [0.1, 0.15) is 5.75 Å². The van der Waals surface area contributed by atoms with Crippen molar-refractivity contribution in [2.24, 2.45) is 0 Å². The van der Waals surface area contributed by atoms with E-state index in [9.17, 15) is 0 Å². The van der Waals surface area contributed by atoms with Gasteiger partial charge in [-0.05, 0) is 45.0 Å². The molecule has 1 atom stereocenters. The minimum atomic E-state index is 0.203. The Bertz CT molecular complexity index is 534. The number of ether oxygens (including phenoxy) is 1. The Hall–Kier alpha value is -1.39. The number of rotatable bonds is 6. The van der Waals surface area contributed by atoms with Crippen molar-refractivity contribution < 1.29 is 4.74 Å². The molecular weight excluding hydrogens is 268 g/mol. The first kappa shape index (κ1) is 15.0. The molecule has 20 heavy (non-hydrogen) atoms. The summed E-state index contributed by atoms with van der Waals surface area (Å²) < 4.78 is 5.69. The molecular formula is C16H22N2OS. The Balaban J connectivity index is 2.21. The number of hydrogen-bond acceptors (Lipinski definition) is 4. The monoisotopic (exact) mass is 290 g/mol. The number of hydrogen-bond donors (Lipinski definition) is 1. The molecule has 0 aliphatic heterocycles. The van der Waals surface area contributed by atoms with E-state index in [1.54, 1.807) is 11.3 Å². The molecule has 4 heteroatoms. The fraction of sp³-hybridized carbons (Fsp3) is 0.438. The molecule has 1 unspecified atom stereocenters. The summed E-state index contributed by atoms with van der Waals surface area (Å²) in [6.45, 7) is 9.16. The van der Waals surface area contributed by atoms with Crippen molar-refractivity contribution in [2.75, 3.05) is 6.54 Å². The summed E-state index contributed by atoms with van der Waals surface area (Å²) in [5.74, 6) is 0.916. The van der Waals surface area contributed by atoms with Crippen molar-refractivity contribution in [3.8, 4) is 5.75 Å². The summed E-state index contributed by atoms with van der Waals surface area (Å²) in [6.07, 6.45) is 2.17. The molecule has 0 aliphatic carbocycles. The number of nitrogens with zero attached hydrogens (tertiary/aromatic N) is 1. The summed E-state index contributed by atoms with van der Waals surface area (Å²) in [5.41, 5.74) is 1.24. The van der Waals surface area contributed by atoms with Crippen LogP contribution >= 0.6 is 11.3 Å². The van der Waals surface area contributed by atoms with Crippen LogP contribution in [-0.4, -0.2) is 17.6 Å². The molecule has 1 heterocycles. The third-order valence-corrected chi connectivity index (χ3v) is 3.89. The lowest BCUT2D eigenvalue weighted by atomic mass is 10.1. The van der Waals surface area contributed by atoms with Crippen molar-refractivity contribution in [3.63, 3.8) is 0 Å². The van der Waals surface area contributed by atoms with E-state index in [1.807, 2.05) is 39.1 Å². The first-order valence-corrected chi connectivity index (χ1v) is 7.84. The predicted molar refractivity (Wildman–Crippen MR) is 84.6 cm³/mol. The van der Waals surface area contributed by atoms with Gasteiger partial charge in [0.2, 0.25) is 0 Å². The predicted octanol–water partition coefficient (Wildman–Crippen LogP) is 3.94. The first-order valence-electron chi connectivity index (χ1n) is 7.02. The quantitative estimate of drug-likeness (QED) is 0.875. The highest BCUT2D eigenvalue weighted by Gasteiger charge is 2.15. The SMILES string of the molecule is CCNC(c1ccc(OC(C)C)cc1)c1cnc(C)s1. The molecule has 2 aromatic rings. The third-order valence-electron chi connectivity index (χ3n) is 2.92. The van der Waals surface area contributed by atoms with Crippen LogP contribution in [0.3, 0.4) is 0 Å². The Labute approximate surface area is 125 Å². The van der Waals surface area contributed by atoms with Crippen molar-refractivity contribution in [1.82, 2.24) is 10.3 Å². The molecule has 0 spiro atoms. The topological polar surface area (TPSA) is 34.1 Å². The molecule has 0 saturated heterocycles. The van der Waals surface area contributed by atoms with Gasteiger partial charge in [0.05, 0.1) is 17.2 Å². The van der Waals surface area contributed by atoms with Crippen LogP contribution in [0.2, 0.25) is 0 Å². The van der Waals surface area contributed by atoms with E-state index in [2.05, 4.69) is 29.4 Å². The summed E-state index contributed by atoms with van der Waals surface area (Å²) in [5, 5.41) is 4.62. The van der Waals surface area contributed by atoms with Crippen LogP contribution in [0, 0.1) is 6.92 Å². The molecule has 0 aliphatic rings. The zero-order chi connectivity index (χ0) is 14.5. The Morgan fingerprint density at radius 3 is 2.45 bits per heavy atom. The van der Waals surface area contributed by atoms with Gasteiger partial charge in [-0.1, -0.05) is 19.1 Å². The lowest BCUT2D eigenvalue weighted by Crippen LogP contribution is -2.21. The molecule has 1 aromatic carbocycles. The zero-order valence-corrected chi connectivity index (χ0v) is 13.3. The van der Waals surface area contributed by atoms with Crippen LogP contribution in [0.15, 0.2) is 30.5 Å². The second-order valence-electron chi connectivity index (χ2n) is 5.01. The molecule has 1 N–H and O–H groups in total. The third kappa shape index (κ3) is 3.81. The maximum absolute atomic E-state index is 5.69. The number of benzene rings is 1. The molecule has 2 rings (SSSR count). The van der Waals surface area contributed by atoms with Crippen molar-refractivity contribution in [3.05, 3.63) is 45.9 Å². The molecule has 0 amide bonds. The van der Waals surface area contributed by atoms with E-state index in [0.29, 0.717) is 0 Å². The van der Waals surface area contributed by atoms with Gasteiger partial charge in [-0.2, -0.15) is 0 Å². The van der Waals surface area contributed by atoms with E-state index >= 15 is 0 Å². The average Bonchev–Trinajstić information content (AvgIpc) is 2.83.